The van der Waals surface area contributed by atoms with E-state index in [4.69, 9.17) is 21.1 Å². The molecule has 6 heteroatoms. The van der Waals surface area contributed by atoms with E-state index >= 15 is 0 Å². The van der Waals surface area contributed by atoms with Crippen molar-refractivity contribution in [2.24, 2.45) is 0 Å². The van der Waals surface area contributed by atoms with E-state index in [1.807, 2.05) is 27.7 Å². The van der Waals surface area contributed by atoms with Crippen LogP contribution in [0.1, 0.15) is 43.7 Å². The SMILES string of the molecule is COC(OC)C(C)NC(=O)c1cc(Cl)nc(C(C)(C)C)c1. The standard InChI is InChI=1S/C15H23ClN2O3/c1-9(14(20-5)21-6)17-13(19)10-7-11(15(2,3)4)18-12(16)8-10/h7-9,14H,1-6H3,(H,17,19). The number of hydrogen-bond acceptors (Lipinski definition) is 4. The van der Waals surface area contributed by atoms with Crippen LogP contribution in [0.3, 0.4) is 0 Å². The molecule has 1 aromatic rings. The second-order valence-electron chi connectivity index (χ2n) is 5.92. The van der Waals surface area contributed by atoms with Gasteiger partial charge in [-0.15, -0.1) is 0 Å². The molecule has 0 radical (unpaired) electrons. The van der Waals surface area contributed by atoms with Crippen LogP contribution in [-0.2, 0) is 14.9 Å². The van der Waals surface area contributed by atoms with Gasteiger partial charge in [0.25, 0.3) is 5.91 Å². The maximum Gasteiger partial charge on any atom is 0.251 e. The lowest BCUT2D eigenvalue weighted by atomic mass is 9.91. The molecule has 1 N–H and O–H groups in total. The second-order valence-corrected chi connectivity index (χ2v) is 6.30. The van der Waals surface area contributed by atoms with Gasteiger partial charge in [0.2, 0.25) is 0 Å². The van der Waals surface area contributed by atoms with Crippen LogP contribution in [0.4, 0.5) is 0 Å². The molecule has 0 saturated carbocycles. The zero-order valence-electron chi connectivity index (χ0n) is 13.4. The van der Waals surface area contributed by atoms with Crippen molar-refractivity contribution in [3.05, 3.63) is 28.5 Å². The van der Waals surface area contributed by atoms with Crippen molar-refractivity contribution in [3.8, 4) is 0 Å². The minimum atomic E-state index is -0.506. The first kappa shape index (κ1) is 17.9. The Hall–Kier alpha value is -1.17. The first-order valence-corrected chi connectivity index (χ1v) is 7.11. The van der Waals surface area contributed by atoms with Gasteiger partial charge in [-0.1, -0.05) is 32.4 Å². The third-order valence-electron chi connectivity index (χ3n) is 3.06. The molecule has 0 aliphatic rings. The van der Waals surface area contributed by atoms with Crippen LogP contribution in [0.2, 0.25) is 5.15 Å². The third-order valence-corrected chi connectivity index (χ3v) is 3.25. The van der Waals surface area contributed by atoms with Crippen molar-refractivity contribution in [1.29, 1.82) is 0 Å². The van der Waals surface area contributed by atoms with Gasteiger partial charge in [-0.25, -0.2) is 4.98 Å². The van der Waals surface area contributed by atoms with Crippen molar-refractivity contribution in [1.82, 2.24) is 10.3 Å². The van der Waals surface area contributed by atoms with Crippen LogP contribution in [0.5, 0.6) is 0 Å². The number of nitrogens with one attached hydrogen (secondary N) is 1. The summed E-state index contributed by atoms with van der Waals surface area (Å²) in [7, 11) is 3.05. The van der Waals surface area contributed by atoms with Crippen LogP contribution in [0, 0.1) is 0 Å². The number of aromatic nitrogens is 1. The number of pyridine rings is 1. The smallest absolute Gasteiger partial charge is 0.251 e. The minimum absolute atomic E-state index is 0.187. The molecule has 1 rings (SSSR count). The summed E-state index contributed by atoms with van der Waals surface area (Å²) in [6.45, 7) is 7.86. The molecular weight excluding hydrogens is 292 g/mol. The monoisotopic (exact) mass is 314 g/mol. The van der Waals surface area contributed by atoms with E-state index in [-0.39, 0.29) is 17.4 Å². The quantitative estimate of drug-likeness (QED) is 0.670. The lowest BCUT2D eigenvalue weighted by molar-refractivity contribution is -0.117. The molecule has 0 bridgehead atoms. The predicted octanol–water partition coefficient (Wildman–Crippen LogP) is 2.77. The summed E-state index contributed by atoms with van der Waals surface area (Å²) in [4.78, 5) is 16.6. The topological polar surface area (TPSA) is 60.5 Å². The van der Waals surface area contributed by atoms with Gasteiger partial charge in [0.1, 0.15) is 5.15 Å². The third kappa shape index (κ3) is 4.95. The van der Waals surface area contributed by atoms with Crippen LogP contribution < -0.4 is 5.32 Å². The number of ether oxygens (including phenoxy) is 2. The molecule has 1 atom stereocenters. The minimum Gasteiger partial charge on any atom is -0.354 e. The van der Waals surface area contributed by atoms with Gasteiger partial charge in [-0.3, -0.25) is 4.79 Å². The lowest BCUT2D eigenvalue weighted by Crippen LogP contribution is -2.43. The van der Waals surface area contributed by atoms with Crippen molar-refractivity contribution >= 4 is 17.5 Å². The number of carbonyl (C=O) groups excluding carboxylic acids is 1. The van der Waals surface area contributed by atoms with Gasteiger partial charge in [0, 0.05) is 30.9 Å². The zero-order chi connectivity index (χ0) is 16.2. The van der Waals surface area contributed by atoms with E-state index in [9.17, 15) is 4.79 Å². The van der Waals surface area contributed by atoms with Crippen LogP contribution in [0.25, 0.3) is 0 Å². The number of carbonyl (C=O) groups is 1. The highest BCUT2D eigenvalue weighted by atomic mass is 35.5. The molecule has 1 heterocycles. The molecule has 0 aromatic carbocycles. The molecule has 0 spiro atoms. The van der Waals surface area contributed by atoms with E-state index in [0.29, 0.717) is 10.7 Å². The number of methoxy groups -OCH3 is 2. The van der Waals surface area contributed by atoms with Crippen LogP contribution in [0.15, 0.2) is 12.1 Å². The van der Waals surface area contributed by atoms with Crippen LogP contribution >= 0.6 is 11.6 Å². The molecule has 0 fully saturated rings. The van der Waals surface area contributed by atoms with E-state index < -0.39 is 6.29 Å². The van der Waals surface area contributed by atoms with Gasteiger partial charge in [0.15, 0.2) is 6.29 Å². The number of nitrogens with zero attached hydrogens (tertiary/aromatic N) is 1. The van der Waals surface area contributed by atoms with E-state index in [1.165, 1.54) is 14.2 Å². The Morgan fingerprint density at radius 1 is 1.29 bits per heavy atom. The molecule has 1 aromatic heterocycles. The maximum absolute atomic E-state index is 12.3. The number of amides is 1. The van der Waals surface area contributed by atoms with Gasteiger partial charge in [-0.2, -0.15) is 0 Å². The summed E-state index contributed by atoms with van der Waals surface area (Å²) in [6, 6.07) is 3.01. The van der Waals surface area contributed by atoms with Crippen molar-refractivity contribution < 1.29 is 14.3 Å². The molecule has 21 heavy (non-hydrogen) atoms. The highest BCUT2D eigenvalue weighted by Gasteiger charge is 2.22. The number of halogens is 1. The summed E-state index contributed by atoms with van der Waals surface area (Å²) >= 11 is 6.01. The Morgan fingerprint density at radius 3 is 2.33 bits per heavy atom. The van der Waals surface area contributed by atoms with E-state index in [0.717, 1.165) is 5.69 Å². The van der Waals surface area contributed by atoms with Gasteiger partial charge >= 0.3 is 0 Å². The Bertz CT molecular complexity index is 496. The van der Waals surface area contributed by atoms with Crippen LogP contribution in [-0.4, -0.2) is 37.4 Å². The average Bonchev–Trinajstić information content (AvgIpc) is 2.38. The first-order valence-electron chi connectivity index (χ1n) is 6.73. The Labute approximate surface area is 131 Å². The highest BCUT2D eigenvalue weighted by molar-refractivity contribution is 6.29. The largest absolute Gasteiger partial charge is 0.354 e. The van der Waals surface area contributed by atoms with E-state index in [2.05, 4.69) is 10.3 Å². The fraction of sp³-hybridized carbons (Fsp3) is 0.600. The fourth-order valence-electron chi connectivity index (χ4n) is 1.87. The van der Waals surface area contributed by atoms with Gasteiger partial charge < -0.3 is 14.8 Å². The number of hydrogen-bond donors (Lipinski definition) is 1. The Kier molecular flexibility index (Phi) is 6.13. The van der Waals surface area contributed by atoms with Crippen molar-refractivity contribution in [3.63, 3.8) is 0 Å². The normalized spacial score (nSPS) is 13.3. The molecular formula is C15H23ClN2O3. The summed E-state index contributed by atoms with van der Waals surface area (Å²) in [5, 5.41) is 3.13. The van der Waals surface area contributed by atoms with Gasteiger partial charge in [-0.05, 0) is 19.1 Å². The molecule has 118 valence electrons. The molecule has 0 saturated heterocycles. The van der Waals surface area contributed by atoms with Gasteiger partial charge in [0.05, 0.1) is 6.04 Å². The Morgan fingerprint density at radius 2 is 1.86 bits per heavy atom. The summed E-state index contributed by atoms with van der Waals surface area (Å²) < 4.78 is 10.2. The summed E-state index contributed by atoms with van der Waals surface area (Å²) in [5.41, 5.74) is 1.05. The lowest BCUT2D eigenvalue weighted by Gasteiger charge is -2.23. The molecule has 1 unspecified atom stereocenters. The molecule has 0 aliphatic carbocycles. The molecule has 0 aliphatic heterocycles. The number of rotatable bonds is 5. The van der Waals surface area contributed by atoms with E-state index in [1.54, 1.807) is 12.1 Å². The van der Waals surface area contributed by atoms with Crippen molar-refractivity contribution in [2.45, 2.75) is 45.4 Å². The molecule has 5 nitrogen and oxygen atoms in total. The summed E-state index contributed by atoms with van der Waals surface area (Å²) in [5.74, 6) is -0.239. The summed E-state index contributed by atoms with van der Waals surface area (Å²) in [6.07, 6.45) is -0.506. The predicted molar refractivity (Wildman–Crippen MR) is 82.7 cm³/mol. The molecule has 1 amide bonds. The second kappa shape index (κ2) is 7.20. The highest BCUT2D eigenvalue weighted by Crippen LogP contribution is 2.23. The van der Waals surface area contributed by atoms with Crippen molar-refractivity contribution in [2.75, 3.05) is 14.2 Å². The Balaban J connectivity index is 2.95. The first-order chi connectivity index (χ1) is 9.68. The maximum atomic E-state index is 12.3. The zero-order valence-corrected chi connectivity index (χ0v) is 14.1. The average molecular weight is 315 g/mol. The fourth-order valence-corrected chi connectivity index (χ4v) is 2.08.